The molecule has 0 N–H and O–H groups in total. The Hall–Kier alpha value is 2.85. The number of carbonyl (C=O) groups is 1. The van der Waals surface area contributed by atoms with Crippen molar-refractivity contribution in [3.63, 3.8) is 0 Å². The molecule has 0 aliphatic heterocycles. The van der Waals surface area contributed by atoms with E-state index < -0.39 is 0 Å². The van der Waals surface area contributed by atoms with Crippen LogP contribution in [0.15, 0.2) is 0 Å². The van der Waals surface area contributed by atoms with Gasteiger partial charge in [0, 0.05) is 98.1 Å². The summed E-state index contributed by atoms with van der Waals surface area (Å²) in [7, 11) is 0. The second-order valence-corrected chi connectivity index (χ2v) is 0.702. The average molecular weight is 324 g/mol. The van der Waals surface area contributed by atoms with E-state index >= 15 is 0 Å². The van der Waals surface area contributed by atoms with Gasteiger partial charge in [-0.1, -0.05) is 0 Å². The average Bonchev–Trinajstić information content (AvgIpc) is 0.811. The zero-order valence-electron chi connectivity index (χ0n) is 4.35. The third kappa shape index (κ3) is 51.1. The zero-order chi connectivity index (χ0) is 3.58. The molecule has 0 bridgehead atoms. The van der Waals surface area contributed by atoms with Gasteiger partial charge in [0.15, 0.2) is 0 Å². The number of Topliss-reactive ketones (excluding diaryl/α,β-unsaturated/α-hetero) is 1. The second-order valence-electron chi connectivity index (χ2n) is 0.702. The first kappa shape index (κ1) is 22.5. The molecule has 0 unspecified atom stereocenters. The van der Waals surface area contributed by atoms with E-state index in [1.54, 1.807) is 0 Å². The van der Waals surface area contributed by atoms with Gasteiger partial charge in [0.1, 0.15) is 0 Å². The molecule has 4 heteroatoms. The van der Waals surface area contributed by atoms with Crippen molar-refractivity contribution < 1.29 is 103 Å². The Morgan fingerprint density at radius 2 is 1.29 bits per heavy atom. The first-order valence-electron chi connectivity index (χ1n) is 1.06. The Labute approximate surface area is 120 Å². The number of rotatable bonds is 0. The summed E-state index contributed by atoms with van der Waals surface area (Å²) < 4.78 is 0. The first-order chi connectivity index (χ1) is 1.73. The Morgan fingerprint density at radius 3 is 1.29 bits per heavy atom. The fourth-order valence-electron chi connectivity index (χ4n) is 0. The number of ketones is 1. The minimum absolute atomic E-state index is 0. The number of hydrogen-bond acceptors (Lipinski definition) is 1. The maximum atomic E-state index is 9.33. The third-order valence-corrected chi connectivity index (χ3v) is 0. The molecule has 0 saturated carbocycles. The normalized spacial score (nSPS) is 3.57. The van der Waals surface area contributed by atoms with E-state index in [-0.39, 0.29) is 104 Å². The van der Waals surface area contributed by atoms with Crippen LogP contribution in [0.2, 0.25) is 0 Å². The van der Waals surface area contributed by atoms with E-state index in [1.165, 1.54) is 6.92 Å². The van der Waals surface area contributed by atoms with Gasteiger partial charge < -0.3 is 11.7 Å². The fraction of sp³-hybridized carbons (Fsp3) is 0.333. The van der Waals surface area contributed by atoms with Crippen molar-refractivity contribution in [1.82, 2.24) is 0 Å². The largest absolute Gasteiger partial charge is 0.340 e. The molecule has 1 nitrogen and oxygen atoms in total. The predicted molar refractivity (Wildman–Crippen MR) is 16.0 cm³/mol. The van der Waals surface area contributed by atoms with Gasteiger partial charge in [0.2, 0.25) is 0 Å². The van der Waals surface area contributed by atoms with Crippen LogP contribution in [0.4, 0.5) is 0 Å². The van der Waals surface area contributed by atoms with Gasteiger partial charge in [0.05, 0.1) is 0 Å². The first-order valence-corrected chi connectivity index (χ1v) is 1.06. The standard InChI is InChI=1S/C3H5O.3Y/c1-3(2)4;;;/h1H2,2H3;;;/q-1;;;. The molecular formula is C3H5OY3-. The van der Waals surface area contributed by atoms with Gasteiger partial charge in [-0.2, -0.15) is 0 Å². The van der Waals surface area contributed by atoms with Gasteiger partial charge in [-0.15, -0.1) is 0 Å². The SMILES string of the molecule is [CH2-]C(C)=O.[Y].[Y].[Y]. The van der Waals surface area contributed by atoms with Crippen LogP contribution in [0.25, 0.3) is 0 Å². The topological polar surface area (TPSA) is 17.1 Å². The van der Waals surface area contributed by atoms with Crippen molar-refractivity contribution in [2.45, 2.75) is 6.92 Å². The molecule has 7 heavy (non-hydrogen) atoms. The van der Waals surface area contributed by atoms with Crippen molar-refractivity contribution >= 4 is 5.78 Å². The summed E-state index contributed by atoms with van der Waals surface area (Å²) in [5.74, 6) is -0.0833. The Kier molecular flexibility index (Phi) is 51.3. The van der Waals surface area contributed by atoms with Gasteiger partial charge >= 0.3 is 0 Å². The van der Waals surface area contributed by atoms with Crippen molar-refractivity contribution in [3.05, 3.63) is 6.92 Å². The maximum absolute atomic E-state index is 9.33. The molecule has 0 aliphatic rings. The molecule has 0 saturated heterocycles. The molecular weight excluding hydrogens is 319 g/mol. The number of hydrogen-bond donors (Lipinski definition) is 0. The van der Waals surface area contributed by atoms with Crippen LogP contribution in [0.3, 0.4) is 0 Å². The molecule has 33 valence electrons. The van der Waals surface area contributed by atoms with Crippen molar-refractivity contribution in [2.75, 3.05) is 0 Å². The van der Waals surface area contributed by atoms with Crippen molar-refractivity contribution in [3.8, 4) is 0 Å². The molecule has 0 amide bonds. The molecule has 0 atom stereocenters. The van der Waals surface area contributed by atoms with Gasteiger partial charge in [-0.25, -0.2) is 0 Å². The molecule has 0 fully saturated rings. The van der Waals surface area contributed by atoms with Crippen LogP contribution in [0, 0.1) is 6.92 Å². The zero-order valence-corrected chi connectivity index (χ0v) is 12.9. The molecule has 0 rings (SSSR count). The Bertz CT molecular complexity index is 33.2. The Balaban J connectivity index is -0.0000000150. The van der Waals surface area contributed by atoms with Gasteiger partial charge in [-0.05, 0) is 12.7 Å². The molecule has 3 radical (unpaired) electrons. The van der Waals surface area contributed by atoms with E-state index in [1.807, 2.05) is 0 Å². The predicted octanol–water partition coefficient (Wildman–Crippen LogP) is 0.402. The van der Waals surface area contributed by atoms with Crippen LogP contribution in [0.1, 0.15) is 6.92 Å². The molecule has 0 aromatic heterocycles. The summed E-state index contributed by atoms with van der Waals surface area (Å²) >= 11 is 0. The summed E-state index contributed by atoms with van der Waals surface area (Å²) in [6, 6.07) is 0. The summed E-state index contributed by atoms with van der Waals surface area (Å²) in [5.41, 5.74) is 0. The maximum Gasteiger partial charge on any atom is 0 e. The van der Waals surface area contributed by atoms with Crippen LogP contribution < -0.4 is 0 Å². The summed E-state index contributed by atoms with van der Waals surface area (Å²) in [4.78, 5) is 9.33. The van der Waals surface area contributed by atoms with Crippen LogP contribution >= 0.6 is 0 Å². The van der Waals surface area contributed by atoms with E-state index in [9.17, 15) is 4.79 Å². The molecule has 0 heterocycles. The van der Waals surface area contributed by atoms with E-state index in [0.717, 1.165) is 0 Å². The molecule has 0 aromatic carbocycles. The summed E-state index contributed by atoms with van der Waals surface area (Å²) in [5, 5.41) is 0. The van der Waals surface area contributed by atoms with Crippen LogP contribution in [0.5, 0.6) is 0 Å². The molecule has 0 aliphatic carbocycles. The smallest absolute Gasteiger partial charge is 0 e. The van der Waals surface area contributed by atoms with Crippen molar-refractivity contribution in [1.29, 1.82) is 0 Å². The monoisotopic (exact) mass is 324 g/mol. The molecule has 0 spiro atoms. The fourth-order valence-corrected chi connectivity index (χ4v) is 0. The summed E-state index contributed by atoms with van der Waals surface area (Å²) in [6.45, 7) is 4.42. The minimum atomic E-state index is -0.0833. The van der Waals surface area contributed by atoms with Gasteiger partial charge in [0.25, 0.3) is 0 Å². The van der Waals surface area contributed by atoms with Crippen LogP contribution in [-0.2, 0) is 103 Å². The second kappa shape index (κ2) is 15.9. The summed E-state index contributed by atoms with van der Waals surface area (Å²) in [6.07, 6.45) is 0. The van der Waals surface area contributed by atoms with Crippen molar-refractivity contribution in [2.24, 2.45) is 0 Å². The number of carbonyl (C=O) groups excluding carboxylic acids is 1. The van der Waals surface area contributed by atoms with E-state index in [2.05, 4.69) is 6.92 Å². The van der Waals surface area contributed by atoms with E-state index in [0.29, 0.717) is 0 Å². The Morgan fingerprint density at radius 1 is 1.29 bits per heavy atom. The quantitative estimate of drug-likeness (QED) is 0.590. The van der Waals surface area contributed by atoms with E-state index in [4.69, 9.17) is 0 Å². The van der Waals surface area contributed by atoms with Gasteiger partial charge in [-0.3, -0.25) is 0 Å². The molecule has 0 aromatic rings. The van der Waals surface area contributed by atoms with Crippen LogP contribution in [-0.4, -0.2) is 5.78 Å². The minimum Gasteiger partial charge on any atom is -0.340 e. The third-order valence-electron chi connectivity index (χ3n) is 0.